The normalized spacial score (nSPS) is 10.2. The van der Waals surface area contributed by atoms with Crippen molar-refractivity contribution in [3.8, 4) is 5.75 Å². The minimum absolute atomic E-state index is 0.114. The minimum Gasteiger partial charge on any atom is -0.494 e. The number of ketones is 2. The van der Waals surface area contributed by atoms with Gasteiger partial charge in [0, 0.05) is 11.1 Å². The number of aryl methyl sites for hydroxylation is 1. The van der Waals surface area contributed by atoms with Gasteiger partial charge in [-0.05, 0) is 38.1 Å². The SMILES string of the molecule is CCOc1ccc(C(=O)CC(=O)c2ccc(C)cc2)cc1. The van der Waals surface area contributed by atoms with Crippen LogP contribution in [-0.4, -0.2) is 18.2 Å². The molecule has 2 rings (SSSR count). The van der Waals surface area contributed by atoms with Crippen molar-refractivity contribution >= 4 is 11.6 Å². The molecule has 108 valence electrons. The summed E-state index contributed by atoms with van der Waals surface area (Å²) in [6.07, 6.45) is -0.114. The number of benzene rings is 2. The van der Waals surface area contributed by atoms with Crippen LogP contribution in [0.5, 0.6) is 5.75 Å². The van der Waals surface area contributed by atoms with Gasteiger partial charge in [-0.25, -0.2) is 0 Å². The lowest BCUT2D eigenvalue weighted by Gasteiger charge is -2.05. The number of Topliss-reactive ketones (excluding diaryl/α,β-unsaturated/α-hetero) is 2. The summed E-state index contributed by atoms with van der Waals surface area (Å²) in [5.41, 5.74) is 2.18. The Kier molecular flexibility index (Phi) is 4.88. The van der Waals surface area contributed by atoms with Gasteiger partial charge < -0.3 is 4.74 Å². The molecule has 0 bridgehead atoms. The highest BCUT2D eigenvalue weighted by molar-refractivity contribution is 6.13. The smallest absolute Gasteiger partial charge is 0.170 e. The van der Waals surface area contributed by atoms with E-state index in [9.17, 15) is 9.59 Å². The number of hydrogen-bond acceptors (Lipinski definition) is 3. The first kappa shape index (κ1) is 15.0. The van der Waals surface area contributed by atoms with Gasteiger partial charge in [0.15, 0.2) is 11.6 Å². The zero-order chi connectivity index (χ0) is 15.2. The molecule has 0 fully saturated rings. The second kappa shape index (κ2) is 6.84. The summed E-state index contributed by atoms with van der Waals surface area (Å²) in [6.45, 7) is 4.44. The van der Waals surface area contributed by atoms with E-state index in [1.165, 1.54) is 0 Å². The molecule has 2 aromatic carbocycles. The number of rotatable bonds is 6. The molecular weight excluding hydrogens is 264 g/mol. The maximum atomic E-state index is 12.1. The van der Waals surface area contributed by atoms with Crippen molar-refractivity contribution in [1.82, 2.24) is 0 Å². The van der Waals surface area contributed by atoms with E-state index in [4.69, 9.17) is 4.74 Å². The highest BCUT2D eigenvalue weighted by Crippen LogP contribution is 2.15. The Balaban J connectivity index is 2.03. The van der Waals surface area contributed by atoms with Gasteiger partial charge in [-0.3, -0.25) is 9.59 Å². The first-order chi connectivity index (χ1) is 10.1. The van der Waals surface area contributed by atoms with E-state index in [1.54, 1.807) is 36.4 Å². The summed E-state index contributed by atoms with van der Waals surface area (Å²) in [5.74, 6) is 0.386. The van der Waals surface area contributed by atoms with Crippen LogP contribution in [0.2, 0.25) is 0 Å². The molecule has 3 heteroatoms. The third-order valence-corrected chi connectivity index (χ3v) is 3.18. The molecule has 0 saturated carbocycles. The summed E-state index contributed by atoms with van der Waals surface area (Å²) in [6, 6.07) is 14.1. The summed E-state index contributed by atoms with van der Waals surface area (Å²) >= 11 is 0. The van der Waals surface area contributed by atoms with Gasteiger partial charge in [-0.2, -0.15) is 0 Å². The van der Waals surface area contributed by atoms with E-state index in [2.05, 4.69) is 0 Å². The van der Waals surface area contributed by atoms with Crippen molar-refractivity contribution in [1.29, 1.82) is 0 Å². The van der Waals surface area contributed by atoms with Crippen molar-refractivity contribution in [2.24, 2.45) is 0 Å². The Labute approximate surface area is 124 Å². The molecule has 0 saturated heterocycles. The second-order valence-corrected chi connectivity index (χ2v) is 4.85. The first-order valence-corrected chi connectivity index (χ1v) is 6.96. The maximum absolute atomic E-state index is 12.1. The number of carbonyl (C=O) groups excluding carboxylic acids is 2. The Hall–Kier alpha value is -2.42. The first-order valence-electron chi connectivity index (χ1n) is 6.96. The van der Waals surface area contributed by atoms with Crippen LogP contribution < -0.4 is 4.74 Å². The van der Waals surface area contributed by atoms with Gasteiger partial charge in [0.2, 0.25) is 0 Å². The molecule has 0 aliphatic rings. The van der Waals surface area contributed by atoms with Crippen LogP contribution >= 0.6 is 0 Å². The van der Waals surface area contributed by atoms with Gasteiger partial charge >= 0.3 is 0 Å². The summed E-state index contributed by atoms with van der Waals surface area (Å²) < 4.78 is 5.32. The molecule has 0 heterocycles. The van der Waals surface area contributed by atoms with E-state index in [1.807, 2.05) is 26.0 Å². The van der Waals surface area contributed by atoms with E-state index in [0.717, 1.165) is 11.3 Å². The lowest BCUT2D eigenvalue weighted by molar-refractivity contribution is 0.0894. The molecular formula is C18H18O3. The zero-order valence-corrected chi connectivity index (χ0v) is 12.3. The van der Waals surface area contributed by atoms with Crippen LogP contribution in [0, 0.1) is 6.92 Å². The predicted molar refractivity (Wildman–Crippen MR) is 82.1 cm³/mol. The van der Waals surface area contributed by atoms with Crippen LogP contribution in [0.15, 0.2) is 48.5 Å². The van der Waals surface area contributed by atoms with Crippen molar-refractivity contribution in [3.05, 3.63) is 65.2 Å². The average molecular weight is 282 g/mol. The Morgan fingerprint density at radius 3 is 1.81 bits per heavy atom. The van der Waals surface area contributed by atoms with Crippen molar-refractivity contribution in [3.63, 3.8) is 0 Å². The molecule has 21 heavy (non-hydrogen) atoms. The molecule has 0 spiro atoms. The lowest BCUT2D eigenvalue weighted by Crippen LogP contribution is -2.08. The van der Waals surface area contributed by atoms with Crippen LogP contribution in [0.3, 0.4) is 0 Å². The molecule has 0 aromatic heterocycles. The lowest BCUT2D eigenvalue weighted by atomic mass is 10.0. The van der Waals surface area contributed by atoms with Crippen molar-refractivity contribution in [2.75, 3.05) is 6.61 Å². The molecule has 2 aromatic rings. The standard InChI is InChI=1S/C18H18O3/c1-3-21-16-10-8-15(9-11-16)18(20)12-17(19)14-6-4-13(2)5-7-14/h4-11H,3,12H2,1-2H3. The van der Waals surface area contributed by atoms with Crippen molar-refractivity contribution in [2.45, 2.75) is 20.3 Å². The summed E-state index contributed by atoms with van der Waals surface area (Å²) in [4.78, 5) is 24.2. The van der Waals surface area contributed by atoms with E-state index < -0.39 is 0 Å². The predicted octanol–water partition coefficient (Wildman–Crippen LogP) is 3.85. The van der Waals surface area contributed by atoms with Gasteiger partial charge in [-0.1, -0.05) is 29.8 Å². The van der Waals surface area contributed by atoms with Gasteiger partial charge in [0.25, 0.3) is 0 Å². The molecule has 0 aliphatic heterocycles. The van der Waals surface area contributed by atoms with E-state index in [0.29, 0.717) is 17.7 Å². The summed E-state index contributed by atoms with van der Waals surface area (Å²) in [5, 5.41) is 0. The number of ether oxygens (including phenoxy) is 1. The number of carbonyl (C=O) groups is 2. The highest BCUT2D eigenvalue weighted by Gasteiger charge is 2.13. The molecule has 0 unspecified atom stereocenters. The average Bonchev–Trinajstić information content (AvgIpc) is 2.49. The Bertz CT molecular complexity index is 625. The minimum atomic E-state index is -0.177. The zero-order valence-electron chi connectivity index (χ0n) is 12.3. The van der Waals surface area contributed by atoms with Gasteiger partial charge in [-0.15, -0.1) is 0 Å². The largest absolute Gasteiger partial charge is 0.494 e. The monoisotopic (exact) mass is 282 g/mol. The van der Waals surface area contributed by atoms with Crippen LogP contribution in [0.25, 0.3) is 0 Å². The van der Waals surface area contributed by atoms with E-state index in [-0.39, 0.29) is 18.0 Å². The van der Waals surface area contributed by atoms with E-state index >= 15 is 0 Å². The molecule has 0 N–H and O–H groups in total. The van der Waals surface area contributed by atoms with Crippen LogP contribution in [-0.2, 0) is 0 Å². The molecule has 3 nitrogen and oxygen atoms in total. The maximum Gasteiger partial charge on any atom is 0.170 e. The quantitative estimate of drug-likeness (QED) is 0.597. The van der Waals surface area contributed by atoms with Crippen LogP contribution in [0.1, 0.15) is 39.6 Å². The van der Waals surface area contributed by atoms with Gasteiger partial charge in [0.1, 0.15) is 5.75 Å². The third-order valence-electron chi connectivity index (χ3n) is 3.18. The molecule has 0 atom stereocenters. The fourth-order valence-electron chi connectivity index (χ4n) is 1.99. The fraction of sp³-hybridized carbons (Fsp3) is 0.222. The Morgan fingerprint density at radius 1 is 0.857 bits per heavy atom. The Morgan fingerprint density at radius 2 is 1.33 bits per heavy atom. The van der Waals surface area contributed by atoms with Crippen LogP contribution in [0.4, 0.5) is 0 Å². The molecule has 0 radical (unpaired) electrons. The highest BCUT2D eigenvalue weighted by atomic mass is 16.5. The molecule has 0 amide bonds. The third kappa shape index (κ3) is 4.02. The van der Waals surface area contributed by atoms with Gasteiger partial charge in [0.05, 0.1) is 13.0 Å². The van der Waals surface area contributed by atoms with Crippen molar-refractivity contribution < 1.29 is 14.3 Å². The summed E-state index contributed by atoms with van der Waals surface area (Å²) in [7, 11) is 0. The fourth-order valence-corrected chi connectivity index (χ4v) is 1.99. The topological polar surface area (TPSA) is 43.4 Å². The second-order valence-electron chi connectivity index (χ2n) is 4.85. The molecule has 0 aliphatic carbocycles. The number of hydrogen-bond donors (Lipinski definition) is 0.